The van der Waals surface area contributed by atoms with Gasteiger partial charge in [-0.25, -0.2) is 4.79 Å². The van der Waals surface area contributed by atoms with E-state index in [0.717, 1.165) is 10.9 Å². The molecule has 1 aromatic heterocycles. The highest BCUT2D eigenvalue weighted by molar-refractivity contribution is 7.80. The molecule has 0 aliphatic heterocycles. The number of fused-ring (bicyclic) bond motifs is 1. The molecular weight excluding hydrogens is 1270 g/mol. The number of carboxylic acid groups (broad SMARTS) is 1. The number of thiol groups is 2. The number of guanidine groups is 1. The van der Waals surface area contributed by atoms with Crippen LogP contribution in [0.15, 0.2) is 65.8 Å². The number of carboxylic acids is 1. The molecule has 0 fully saturated rings. The van der Waals surface area contributed by atoms with Gasteiger partial charge in [0, 0.05) is 48.0 Å². The lowest BCUT2D eigenvalue weighted by atomic mass is 9.99. The lowest BCUT2D eigenvalue weighted by Gasteiger charge is -2.28. The normalized spacial score (nSPS) is 14.3. The molecule has 23 N–H and O–H groups in total. The first-order valence-electron chi connectivity index (χ1n) is 31.7. The number of aromatic nitrogens is 1. The molecule has 0 radical (unpaired) electrons. The molecule has 0 saturated heterocycles. The molecular formula is C62H98N18O13S2. The van der Waals surface area contributed by atoms with Crippen LogP contribution in [-0.4, -0.2) is 192 Å². The first kappa shape index (κ1) is 80.7. The Balaban J connectivity index is 1.94. The number of rotatable bonds is 45. The summed E-state index contributed by atoms with van der Waals surface area (Å²) in [5, 5.41) is 38.8. The molecule has 2 aromatic carbocycles. The third-order valence-corrected chi connectivity index (χ3v) is 15.9. The predicted molar refractivity (Wildman–Crippen MR) is 365 cm³/mol. The molecule has 526 valence electrons. The van der Waals surface area contributed by atoms with E-state index in [2.05, 4.69) is 93.7 Å². The number of aliphatic imine (C=N–C) groups is 1. The maximum atomic E-state index is 14.8. The Bertz CT molecular complexity index is 3050. The molecule has 95 heavy (non-hydrogen) atoms. The minimum atomic E-state index is -1.43. The van der Waals surface area contributed by atoms with Crippen molar-refractivity contribution in [2.75, 3.05) is 50.8 Å². The summed E-state index contributed by atoms with van der Waals surface area (Å²) in [7, 11) is 0. The monoisotopic (exact) mass is 1370 g/mol. The van der Waals surface area contributed by atoms with Crippen molar-refractivity contribution in [2.45, 2.75) is 159 Å². The first-order valence-corrected chi connectivity index (χ1v) is 33.0. The summed E-state index contributed by atoms with van der Waals surface area (Å²) in [5.74, 6) is -11.1. The SMILES string of the molecule is CC[C@H](C)[C@H](NC(=O)CNC(=O)[C@H](CCCCN)NC(=O)[C@H](CS)NC(=O)[C@H](CCCCN)NC(=O)[C@H](CC(C)C)NC(=O)[C@H](CCCN=C(N)N)NC(=O)[C@H](Cc1ccccc1)NC(=O)[C@H](Cc1c[nH]c2ccccc12)NC(=O)CNC(=O)CNC(=O)[C@@H](N)CS)C(=O)O. The Kier molecular flexibility index (Phi) is 36.9. The molecule has 31 nitrogen and oxygen atoms in total. The molecule has 33 heteroatoms. The van der Waals surface area contributed by atoms with Crippen molar-refractivity contribution in [3.05, 3.63) is 71.9 Å². The number of unbranched alkanes of at least 4 members (excludes halogenated alkanes) is 2. The smallest absolute Gasteiger partial charge is 0.326 e. The number of H-pyrrole nitrogens is 1. The zero-order valence-electron chi connectivity index (χ0n) is 54.3. The quantitative estimate of drug-likeness (QED) is 0.0115. The third kappa shape index (κ3) is 29.8. The van der Waals surface area contributed by atoms with Crippen molar-refractivity contribution in [1.82, 2.24) is 63.5 Å². The van der Waals surface area contributed by atoms with E-state index in [1.54, 1.807) is 70.3 Å². The lowest BCUT2D eigenvalue weighted by molar-refractivity contribution is -0.143. The van der Waals surface area contributed by atoms with Crippen LogP contribution in [-0.2, 0) is 70.4 Å². The van der Waals surface area contributed by atoms with Gasteiger partial charge in [-0.2, -0.15) is 25.3 Å². The standard InChI is InChI=1S/C62H98N18O13S2/c1-5-36(4)52(61(92)93)80-51(83)32-72-54(85)42(20-11-13-23-63)74-60(91)48(34-95)79-56(87)43(21-12-14-24-64)75-57(88)45(26-35(2)3)77-55(86)44(22-15-25-68-62(66)67)76-58(89)46(27-37-16-7-6-8-17-37)78-59(90)47(28-38-29-69-41-19-10-9-18-39(38)41)73-50(82)31-70-49(81)30-71-53(84)40(65)33-94/h6-10,16-19,29,35-36,40,42-48,52,69,94-95H,5,11-15,20-28,30-34,63-65H2,1-4H3,(H,70,81)(H,71,84)(H,72,85)(H,73,82)(H,74,91)(H,75,88)(H,76,89)(H,77,86)(H,78,90)(H,79,87)(H,80,83)(H,92,93)(H4,66,67,68)/t36-,40-,42-,43-,44-,45-,46-,47-,48-,52-/m0/s1. The minimum absolute atomic E-state index is 0.0114. The second-order valence-corrected chi connectivity index (χ2v) is 24.1. The number of hydrogen-bond donors (Lipinski definition) is 20. The Labute approximate surface area is 564 Å². The van der Waals surface area contributed by atoms with Gasteiger partial charge in [0.25, 0.3) is 0 Å². The molecule has 0 unspecified atom stereocenters. The van der Waals surface area contributed by atoms with Crippen LogP contribution in [0.2, 0.25) is 0 Å². The van der Waals surface area contributed by atoms with Gasteiger partial charge in [-0.15, -0.1) is 0 Å². The van der Waals surface area contributed by atoms with Crippen LogP contribution < -0.4 is 87.2 Å². The van der Waals surface area contributed by atoms with Crippen molar-refractivity contribution in [3.63, 3.8) is 0 Å². The van der Waals surface area contributed by atoms with E-state index in [0.29, 0.717) is 43.2 Å². The third-order valence-electron chi connectivity index (χ3n) is 15.2. The Morgan fingerprint density at radius 3 is 1.56 bits per heavy atom. The van der Waals surface area contributed by atoms with Crippen LogP contribution >= 0.6 is 25.3 Å². The van der Waals surface area contributed by atoms with Gasteiger partial charge in [-0.1, -0.05) is 82.6 Å². The Morgan fingerprint density at radius 2 is 1.00 bits per heavy atom. The molecule has 0 aliphatic rings. The predicted octanol–water partition coefficient (Wildman–Crippen LogP) is -3.14. The summed E-state index contributed by atoms with van der Waals surface area (Å²) >= 11 is 8.30. The van der Waals surface area contributed by atoms with Gasteiger partial charge < -0.3 is 97.2 Å². The van der Waals surface area contributed by atoms with Crippen LogP contribution in [0.1, 0.15) is 103 Å². The lowest BCUT2D eigenvalue weighted by Crippen LogP contribution is -2.60. The second kappa shape index (κ2) is 43.5. The van der Waals surface area contributed by atoms with Gasteiger partial charge in [0.2, 0.25) is 65.0 Å². The number of aromatic amines is 1. The van der Waals surface area contributed by atoms with Crippen LogP contribution in [0.3, 0.4) is 0 Å². The average Bonchev–Trinajstić information content (AvgIpc) is 1.74. The Hall–Kier alpha value is -8.53. The molecule has 3 aromatic rings. The molecule has 0 bridgehead atoms. The van der Waals surface area contributed by atoms with Gasteiger partial charge in [0.05, 0.1) is 25.7 Å². The van der Waals surface area contributed by atoms with E-state index >= 15 is 0 Å². The number of nitrogens with zero attached hydrogens (tertiary/aromatic N) is 1. The van der Waals surface area contributed by atoms with E-state index in [1.165, 1.54) is 0 Å². The summed E-state index contributed by atoms with van der Waals surface area (Å²) in [4.78, 5) is 171. The highest BCUT2D eigenvalue weighted by Gasteiger charge is 2.35. The van der Waals surface area contributed by atoms with Crippen LogP contribution in [0.5, 0.6) is 0 Å². The van der Waals surface area contributed by atoms with Crippen LogP contribution in [0.4, 0.5) is 0 Å². The number of aliphatic carboxylic acids is 1. The van der Waals surface area contributed by atoms with E-state index < -0.39 is 151 Å². The largest absolute Gasteiger partial charge is 0.480 e. The summed E-state index contributed by atoms with van der Waals surface area (Å²) in [6.45, 7) is 5.78. The topological polar surface area (TPSA) is 516 Å². The summed E-state index contributed by atoms with van der Waals surface area (Å²) < 4.78 is 0. The highest BCUT2D eigenvalue weighted by atomic mass is 32.1. The first-order chi connectivity index (χ1) is 45.2. The van der Waals surface area contributed by atoms with Gasteiger partial charge in [0.15, 0.2) is 5.96 Å². The van der Waals surface area contributed by atoms with Crippen molar-refractivity contribution in [2.24, 2.45) is 45.5 Å². The second-order valence-electron chi connectivity index (χ2n) is 23.3. The fourth-order valence-electron chi connectivity index (χ4n) is 9.68. The number of nitrogens with one attached hydrogen (secondary N) is 12. The van der Waals surface area contributed by atoms with Gasteiger partial charge >= 0.3 is 5.97 Å². The summed E-state index contributed by atoms with van der Waals surface area (Å²) in [6.07, 6.45) is 3.58. The van der Waals surface area contributed by atoms with Crippen molar-refractivity contribution < 1.29 is 62.6 Å². The average molecular weight is 1370 g/mol. The molecule has 0 spiro atoms. The summed E-state index contributed by atoms with van der Waals surface area (Å²) in [5.41, 5.74) is 30.4. The van der Waals surface area contributed by atoms with Gasteiger partial charge in [0.1, 0.15) is 48.3 Å². The number of amides is 11. The molecule has 3 rings (SSSR count). The summed E-state index contributed by atoms with van der Waals surface area (Å²) in [6, 6.07) is 4.15. The Morgan fingerprint density at radius 1 is 0.526 bits per heavy atom. The zero-order chi connectivity index (χ0) is 70.6. The van der Waals surface area contributed by atoms with Crippen molar-refractivity contribution >= 4 is 113 Å². The van der Waals surface area contributed by atoms with Gasteiger partial charge in [-0.3, -0.25) is 57.7 Å². The maximum Gasteiger partial charge on any atom is 0.326 e. The number of carbonyl (C=O) groups is 12. The number of hydrogen-bond acceptors (Lipinski definition) is 18. The number of carbonyl (C=O) groups excluding carboxylic acids is 11. The van der Waals surface area contributed by atoms with Crippen LogP contribution in [0.25, 0.3) is 10.9 Å². The van der Waals surface area contributed by atoms with Crippen molar-refractivity contribution in [1.29, 1.82) is 0 Å². The number of benzene rings is 2. The molecule has 1 heterocycles. The zero-order valence-corrected chi connectivity index (χ0v) is 56.1. The molecule has 0 saturated carbocycles. The van der Waals surface area contributed by atoms with Crippen LogP contribution in [0, 0.1) is 11.8 Å². The fraction of sp³-hybridized carbons (Fsp3) is 0.565. The molecule has 10 atom stereocenters. The molecule has 11 amide bonds. The maximum absolute atomic E-state index is 14.8. The fourth-order valence-corrected chi connectivity index (χ4v) is 10.1. The minimum Gasteiger partial charge on any atom is -0.480 e. The van der Waals surface area contributed by atoms with Gasteiger partial charge in [-0.05, 0) is 99.9 Å². The molecule has 0 aliphatic carbocycles. The highest BCUT2D eigenvalue weighted by Crippen LogP contribution is 2.20. The number of para-hydroxylation sites is 1. The van der Waals surface area contributed by atoms with E-state index in [4.69, 9.17) is 28.7 Å². The van der Waals surface area contributed by atoms with E-state index in [-0.39, 0.29) is 88.0 Å². The van der Waals surface area contributed by atoms with E-state index in [1.807, 2.05) is 18.2 Å². The van der Waals surface area contributed by atoms with Crippen molar-refractivity contribution in [3.8, 4) is 0 Å². The van der Waals surface area contributed by atoms with E-state index in [9.17, 15) is 62.6 Å². The number of nitrogens with two attached hydrogens (primary N) is 5.